The summed E-state index contributed by atoms with van der Waals surface area (Å²) in [5.41, 5.74) is 1.81. The smallest absolute Gasteiger partial charge is 0.351 e. The molecule has 0 bridgehead atoms. The molecule has 0 unspecified atom stereocenters. The van der Waals surface area contributed by atoms with Crippen LogP contribution in [0.2, 0.25) is 5.02 Å². The quantitative estimate of drug-likeness (QED) is 0.464. The highest BCUT2D eigenvalue weighted by atomic mass is 35.5. The summed E-state index contributed by atoms with van der Waals surface area (Å²) in [6.45, 7) is 1.81. The SMILES string of the molecule is O=C(NCc1cccnc1)[C@@H]1C[C@H](NCc2cccc(C(F)(F)F)c2)CN1Cc1ccc(Cl)cc1. The Morgan fingerprint density at radius 1 is 1.03 bits per heavy atom. The molecule has 1 aliphatic rings. The first-order valence-corrected chi connectivity index (χ1v) is 11.7. The van der Waals surface area contributed by atoms with Crippen molar-refractivity contribution in [3.05, 3.63) is 100 Å². The number of pyridine rings is 1. The number of amides is 1. The van der Waals surface area contributed by atoms with E-state index in [0.29, 0.717) is 36.6 Å². The minimum Gasteiger partial charge on any atom is -0.351 e. The number of nitrogens with zero attached hydrogens (tertiary/aromatic N) is 2. The van der Waals surface area contributed by atoms with Crippen molar-refractivity contribution < 1.29 is 18.0 Å². The van der Waals surface area contributed by atoms with Gasteiger partial charge >= 0.3 is 6.18 Å². The Kier molecular flexibility index (Phi) is 8.05. The average molecular weight is 503 g/mol. The molecule has 9 heteroatoms. The van der Waals surface area contributed by atoms with Crippen LogP contribution < -0.4 is 10.6 Å². The molecule has 1 fully saturated rings. The number of rotatable bonds is 8. The van der Waals surface area contributed by atoms with Crippen LogP contribution in [0.3, 0.4) is 0 Å². The highest BCUT2D eigenvalue weighted by Gasteiger charge is 2.36. The van der Waals surface area contributed by atoms with Gasteiger partial charge < -0.3 is 10.6 Å². The molecule has 184 valence electrons. The molecule has 3 aromatic rings. The van der Waals surface area contributed by atoms with Gasteiger partial charge in [-0.25, -0.2) is 0 Å². The van der Waals surface area contributed by atoms with E-state index in [4.69, 9.17) is 11.6 Å². The summed E-state index contributed by atoms with van der Waals surface area (Å²) in [4.78, 5) is 19.3. The van der Waals surface area contributed by atoms with Gasteiger partial charge in [-0.3, -0.25) is 14.7 Å². The van der Waals surface area contributed by atoms with Crippen LogP contribution in [0.25, 0.3) is 0 Å². The maximum Gasteiger partial charge on any atom is 0.416 e. The number of alkyl halides is 3. The lowest BCUT2D eigenvalue weighted by Gasteiger charge is -2.23. The van der Waals surface area contributed by atoms with Gasteiger partial charge in [0.1, 0.15) is 0 Å². The molecule has 1 aromatic heterocycles. The second-order valence-electron chi connectivity index (χ2n) is 8.66. The van der Waals surface area contributed by atoms with Gasteiger partial charge in [0.05, 0.1) is 11.6 Å². The fraction of sp³-hybridized carbons (Fsp3) is 0.308. The van der Waals surface area contributed by atoms with Gasteiger partial charge in [-0.1, -0.05) is 48.0 Å². The summed E-state index contributed by atoms with van der Waals surface area (Å²) in [7, 11) is 0. The lowest BCUT2D eigenvalue weighted by atomic mass is 10.1. The molecule has 0 radical (unpaired) electrons. The Labute approximate surface area is 207 Å². The number of likely N-dealkylation sites (tertiary alicyclic amines) is 1. The molecule has 5 nitrogen and oxygen atoms in total. The largest absolute Gasteiger partial charge is 0.416 e. The van der Waals surface area contributed by atoms with Gasteiger partial charge in [-0.05, 0) is 47.4 Å². The van der Waals surface area contributed by atoms with Gasteiger partial charge in [0.25, 0.3) is 0 Å². The lowest BCUT2D eigenvalue weighted by Crippen LogP contribution is -2.42. The second kappa shape index (κ2) is 11.2. The maximum absolute atomic E-state index is 13.1. The Bertz CT molecular complexity index is 1130. The molecular weight excluding hydrogens is 477 g/mol. The van der Waals surface area contributed by atoms with E-state index in [-0.39, 0.29) is 24.5 Å². The normalized spacial score (nSPS) is 18.5. The molecule has 1 aliphatic heterocycles. The Balaban J connectivity index is 1.42. The maximum atomic E-state index is 13.1. The van der Waals surface area contributed by atoms with Crippen LogP contribution in [0.5, 0.6) is 0 Å². The number of benzene rings is 2. The standard InChI is InChI=1S/C26H26ClF3N4O/c27-22-8-6-18(7-9-22)16-34-17-23(32-14-19-3-1-5-21(11-19)26(28,29)30)12-24(34)25(35)33-15-20-4-2-10-31-13-20/h1-11,13,23-24,32H,12,14-17H2,(H,33,35)/t23-,24-/m0/s1. The minimum absolute atomic E-state index is 0.0500. The molecule has 1 saturated heterocycles. The second-order valence-corrected chi connectivity index (χ2v) is 9.10. The highest BCUT2D eigenvalue weighted by molar-refractivity contribution is 6.30. The van der Waals surface area contributed by atoms with Gasteiger partial charge in [0.2, 0.25) is 5.91 Å². The Morgan fingerprint density at radius 3 is 2.51 bits per heavy atom. The summed E-state index contributed by atoms with van der Waals surface area (Å²) in [5.74, 6) is -0.0915. The van der Waals surface area contributed by atoms with E-state index in [0.717, 1.165) is 23.3 Å². The third-order valence-corrected chi connectivity index (χ3v) is 6.30. The molecular formula is C26H26ClF3N4O. The summed E-state index contributed by atoms with van der Waals surface area (Å²) in [6, 6.07) is 16.1. The van der Waals surface area contributed by atoms with E-state index in [1.807, 2.05) is 36.4 Å². The molecule has 2 heterocycles. The van der Waals surface area contributed by atoms with Crippen molar-refractivity contribution in [2.75, 3.05) is 6.54 Å². The molecule has 0 saturated carbocycles. The van der Waals surface area contributed by atoms with Crippen LogP contribution in [-0.2, 0) is 30.6 Å². The number of carbonyl (C=O) groups excluding carboxylic acids is 1. The average Bonchev–Trinajstić information content (AvgIpc) is 3.25. The van der Waals surface area contributed by atoms with Gasteiger partial charge in [0, 0.05) is 49.6 Å². The summed E-state index contributed by atoms with van der Waals surface area (Å²) >= 11 is 6.01. The zero-order valence-corrected chi connectivity index (χ0v) is 19.7. The number of aromatic nitrogens is 1. The van der Waals surface area contributed by atoms with Crippen molar-refractivity contribution in [1.29, 1.82) is 0 Å². The fourth-order valence-electron chi connectivity index (χ4n) is 4.25. The molecule has 35 heavy (non-hydrogen) atoms. The van der Waals surface area contributed by atoms with Gasteiger partial charge in [0.15, 0.2) is 0 Å². The predicted octanol–water partition coefficient (Wildman–Crippen LogP) is 4.80. The van der Waals surface area contributed by atoms with E-state index >= 15 is 0 Å². The van der Waals surface area contributed by atoms with E-state index in [9.17, 15) is 18.0 Å². The minimum atomic E-state index is -4.38. The van der Waals surface area contributed by atoms with Crippen LogP contribution >= 0.6 is 11.6 Å². The molecule has 1 amide bonds. The molecule has 2 aromatic carbocycles. The summed E-state index contributed by atoms with van der Waals surface area (Å²) in [6.07, 6.45) is -0.446. The van der Waals surface area contributed by atoms with Crippen molar-refractivity contribution in [3.8, 4) is 0 Å². The lowest BCUT2D eigenvalue weighted by molar-refractivity contribution is -0.137. The first kappa shape index (κ1) is 25.2. The van der Waals surface area contributed by atoms with Crippen molar-refractivity contribution in [1.82, 2.24) is 20.5 Å². The van der Waals surface area contributed by atoms with Crippen LogP contribution in [0.1, 0.15) is 28.7 Å². The molecule has 0 spiro atoms. The molecule has 0 aliphatic carbocycles. The predicted molar refractivity (Wildman–Crippen MR) is 128 cm³/mol. The van der Waals surface area contributed by atoms with Gasteiger partial charge in [-0.2, -0.15) is 13.2 Å². The highest BCUT2D eigenvalue weighted by Crippen LogP contribution is 2.29. The number of carbonyl (C=O) groups is 1. The van der Waals surface area contributed by atoms with Crippen molar-refractivity contribution >= 4 is 17.5 Å². The topological polar surface area (TPSA) is 57.3 Å². The van der Waals surface area contributed by atoms with E-state index < -0.39 is 11.7 Å². The van der Waals surface area contributed by atoms with Crippen molar-refractivity contribution in [2.24, 2.45) is 0 Å². The third kappa shape index (κ3) is 7.04. The molecule has 2 N–H and O–H groups in total. The number of hydrogen-bond acceptors (Lipinski definition) is 4. The monoisotopic (exact) mass is 502 g/mol. The summed E-state index contributed by atoms with van der Waals surface area (Å²) < 4.78 is 39.1. The zero-order chi connectivity index (χ0) is 24.8. The van der Waals surface area contributed by atoms with Crippen LogP contribution in [0.4, 0.5) is 13.2 Å². The van der Waals surface area contributed by atoms with Gasteiger partial charge in [-0.15, -0.1) is 0 Å². The van der Waals surface area contributed by atoms with Crippen LogP contribution in [-0.4, -0.2) is 34.4 Å². The number of halogens is 4. The Hall–Kier alpha value is -2.94. The molecule has 4 rings (SSSR count). The van der Waals surface area contributed by atoms with Crippen molar-refractivity contribution in [2.45, 2.75) is 44.3 Å². The first-order chi connectivity index (χ1) is 16.8. The molecule has 2 atom stereocenters. The third-order valence-electron chi connectivity index (χ3n) is 6.04. The van der Waals surface area contributed by atoms with Crippen molar-refractivity contribution in [3.63, 3.8) is 0 Å². The first-order valence-electron chi connectivity index (χ1n) is 11.3. The van der Waals surface area contributed by atoms with Crippen LogP contribution in [0, 0.1) is 0 Å². The number of nitrogens with one attached hydrogen (secondary N) is 2. The van der Waals surface area contributed by atoms with Crippen LogP contribution in [0.15, 0.2) is 73.1 Å². The van der Waals surface area contributed by atoms with E-state index in [1.54, 1.807) is 18.5 Å². The summed E-state index contributed by atoms with van der Waals surface area (Å²) in [5, 5.41) is 6.97. The number of hydrogen-bond donors (Lipinski definition) is 2. The van der Waals surface area contributed by atoms with E-state index in [2.05, 4.69) is 20.5 Å². The van der Waals surface area contributed by atoms with E-state index in [1.165, 1.54) is 6.07 Å². The fourth-order valence-corrected chi connectivity index (χ4v) is 4.38. The Morgan fingerprint density at radius 2 is 1.80 bits per heavy atom. The zero-order valence-electron chi connectivity index (χ0n) is 18.9.